The number of esters is 1. The van der Waals surface area contributed by atoms with Gasteiger partial charge in [0.05, 0.1) is 13.2 Å². The van der Waals surface area contributed by atoms with Crippen molar-refractivity contribution in [1.29, 1.82) is 0 Å². The Labute approximate surface area is 193 Å². The predicted molar refractivity (Wildman–Crippen MR) is 122 cm³/mol. The standard InChI is InChI=1S/C24H46O8/c1-3-5-7-9-11-13-15-20(28)24(31,18-26)23(30)22(19(27)17-25)32-21(29)16-14-12-10-8-6-4-2/h19,22-23,25-27,30-31H,3-18H2,1-2H3/t19-,22-,23+,24-/m1/s1. The van der Waals surface area contributed by atoms with Crippen molar-refractivity contribution in [1.82, 2.24) is 0 Å². The molecule has 0 aromatic rings. The van der Waals surface area contributed by atoms with Gasteiger partial charge in [0.1, 0.15) is 12.2 Å². The highest BCUT2D eigenvalue weighted by Gasteiger charge is 2.49. The van der Waals surface area contributed by atoms with Gasteiger partial charge in [-0.05, 0) is 12.8 Å². The van der Waals surface area contributed by atoms with Crippen molar-refractivity contribution >= 4 is 11.8 Å². The van der Waals surface area contributed by atoms with Crippen molar-refractivity contribution in [2.45, 2.75) is 128 Å². The lowest BCUT2D eigenvalue weighted by molar-refractivity contribution is -0.199. The molecule has 0 aliphatic heterocycles. The van der Waals surface area contributed by atoms with Crippen LogP contribution >= 0.6 is 0 Å². The minimum absolute atomic E-state index is 0.0523. The maximum Gasteiger partial charge on any atom is 0.306 e. The van der Waals surface area contributed by atoms with Gasteiger partial charge in [-0.3, -0.25) is 9.59 Å². The molecule has 0 aliphatic rings. The summed E-state index contributed by atoms with van der Waals surface area (Å²) in [6, 6.07) is 0. The summed E-state index contributed by atoms with van der Waals surface area (Å²) in [6.07, 6.45) is 5.67. The smallest absolute Gasteiger partial charge is 0.306 e. The highest BCUT2D eigenvalue weighted by Crippen LogP contribution is 2.23. The maximum atomic E-state index is 12.6. The second-order valence-electron chi connectivity index (χ2n) is 8.69. The van der Waals surface area contributed by atoms with Gasteiger partial charge >= 0.3 is 5.97 Å². The fourth-order valence-corrected chi connectivity index (χ4v) is 3.62. The van der Waals surface area contributed by atoms with E-state index in [0.717, 1.165) is 64.2 Å². The van der Waals surface area contributed by atoms with Crippen LogP contribution in [0.1, 0.15) is 104 Å². The summed E-state index contributed by atoms with van der Waals surface area (Å²) in [6.45, 7) is 2.27. The van der Waals surface area contributed by atoms with Gasteiger partial charge in [0, 0.05) is 12.8 Å². The summed E-state index contributed by atoms with van der Waals surface area (Å²) < 4.78 is 5.14. The van der Waals surface area contributed by atoms with Crippen molar-refractivity contribution in [2.75, 3.05) is 13.2 Å². The van der Waals surface area contributed by atoms with Crippen molar-refractivity contribution in [3.8, 4) is 0 Å². The Morgan fingerprint density at radius 1 is 0.781 bits per heavy atom. The van der Waals surface area contributed by atoms with Gasteiger partial charge < -0.3 is 30.3 Å². The summed E-state index contributed by atoms with van der Waals surface area (Å²) in [7, 11) is 0. The van der Waals surface area contributed by atoms with E-state index >= 15 is 0 Å². The molecule has 4 atom stereocenters. The average Bonchev–Trinajstić information content (AvgIpc) is 2.80. The minimum Gasteiger partial charge on any atom is -0.457 e. The second-order valence-corrected chi connectivity index (χ2v) is 8.69. The number of rotatable bonds is 21. The van der Waals surface area contributed by atoms with Gasteiger partial charge in [0.25, 0.3) is 0 Å². The first-order valence-corrected chi connectivity index (χ1v) is 12.3. The first-order valence-electron chi connectivity index (χ1n) is 12.3. The molecule has 8 heteroatoms. The topological polar surface area (TPSA) is 145 Å². The molecule has 8 nitrogen and oxygen atoms in total. The van der Waals surface area contributed by atoms with Gasteiger partial charge in [-0.25, -0.2) is 0 Å². The van der Waals surface area contributed by atoms with E-state index in [-0.39, 0.29) is 12.8 Å². The Balaban J connectivity index is 4.87. The Morgan fingerprint density at radius 3 is 1.72 bits per heavy atom. The molecule has 0 fully saturated rings. The summed E-state index contributed by atoms with van der Waals surface area (Å²) in [5.74, 6) is -1.49. The summed E-state index contributed by atoms with van der Waals surface area (Å²) in [4.78, 5) is 24.8. The van der Waals surface area contributed by atoms with Crippen LogP contribution in [0.3, 0.4) is 0 Å². The minimum atomic E-state index is -2.59. The molecule has 0 bridgehead atoms. The zero-order chi connectivity index (χ0) is 24.4. The van der Waals surface area contributed by atoms with Crippen LogP contribution in [0.25, 0.3) is 0 Å². The molecule has 0 spiro atoms. The number of ether oxygens (including phenoxy) is 1. The Bertz CT molecular complexity index is 498. The van der Waals surface area contributed by atoms with Gasteiger partial charge in [0.2, 0.25) is 0 Å². The van der Waals surface area contributed by atoms with Gasteiger partial charge in [-0.2, -0.15) is 0 Å². The molecule has 0 radical (unpaired) electrons. The molecule has 0 aromatic heterocycles. The number of hydrogen-bond donors (Lipinski definition) is 5. The fourth-order valence-electron chi connectivity index (χ4n) is 3.62. The second kappa shape index (κ2) is 18.4. The van der Waals surface area contributed by atoms with E-state index in [1.54, 1.807) is 0 Å². The first kappa shape index (κ1) is 30.9. The van der Waals surface area contributed by atoms with Crippen LogP contribution in [0.2, 0.25) is 0 Å². The van der Waals surface area contributed by atoms with Crippen molar-refractivity contribution in [3.63, 3.8) is 0 Å². The van der Waals surface area contributed by atoms with Crippen molar-refractivity contribution < 1.29 is 39.9 Å². The third-order valence-corrected chi connectivity index (χ3v) is 5.85. The largest absolute Gasteiger partial charge is 0.457 e. The Morgan fingerprint density at radius 2 is 1.25 bits per heavy atom. The van der Waals surface area contributed by atoms with E-state index < -0.39 is 48.9 Å². The number of hydrogen-bond acceptors (Lipinski definition) is 8. The molecule has 5 N–H and O–H groups in total. The van der Waals surface area contributed by atoms with E-state index in [1.807, 2.05) is 0 Å². The van der Waals surface area contributed by atoms with Gasteiger partial charge in [-0.1, -0.05) is 78.1 Å². The summed E-state index contributed by atoms with van der Waals surface area (Å²) in [5, 5.41) is 50.3. The molecule has 32 heavy (non-hydrogen) atoms. The van der Waals surface area contributed by atoms with E-state index in [0.29, 0.717) is 12.8 Å². The number of ketones is 1. The molecule has 0 heterocycles. The monoisotopic (exact) mass is 462 g/mol. The van der Waals surface area contributed by atoms with E-state index in [2.05, 4.69) is 13.8 Å². The molecular formula is C24H46O8. The van der Waals surface area contributed by atoms with Gasteiger partial charge in [-0.15, -0.1) is 0 Å². The summed E-state index contributed by atoms with van der Waals surface area (Å²) >= 11 is 0. The first-order chi connectivity index (χ1) is 15.3. The van der Waals surface area contributed by atoms with Crippen LogP contribution in [0.4, 0.5) is 0 Å². The van der Waals surface area contributed by atoms with Crippen LogP contribution in [0, 0.1) is 0 Å². The molecular weight excluding hydrogens is 416 g/mol. The van der Waals surface area contributed by atoms with Crippen LogP contribution in [0.5, 0.6) is 0 Å². The number of carbonyl (C=O) groups excluding carboxylic acids is 2. The van der Waals surface area contributed by atoms with Crippen molar-refractivity contribution in [2.24, 2.45) is 0 Å². The lowest BCUT2D eigenvalue weighted by Gasteiger charge is -2.36. The quantitative estimate of drug-likeness (QED) is 0.129. The van der Waals surface area contributed by atoms with E-state index in [9.17, 15) is 35.1 Å². The maximum absolute atomic E-state index is 12.6. The Kier molecular flexibility index (Phi) is 17.8. The molecule has 0 aromatic carbocycles. The van der Waals surface area contributed by atoms with Crippen LogP contribution in [-0.4, -0.2) is 74.4 Å². The average molecular weight is 463 g/mol. The number of aliphatic hydroxyl groups excluding tert-OH is 4. The third kappa shape index (κ3) is 11.7. The molecule has 0 unspecified atom stereocenters. The molecule has 190 valence electrons. The predicted octanol–water partition coefficient (Wildman–Crippen LogP) is 2.41. The van der Waals surface area contributed by atoms with E-state index in [4.69, 9.17) is 4.74 Å². The fraction of sp³-hybridized carbons (Fsp3) is 0.917. The normalized spacial score (nSPS) is 16.2. The lowest BCUT2D eigenvalue weighted by atomic mass is 9.85. The van der Waals surface area contributed by atoms with Gasteiger partial charge in [0.15, 0.2) is 17.5 Å². The van der Waals surface area contributed by atoms with Crippen LogP contribution in [0.15, 0.2) is 0 Å². The third-order valence-electron chi connectivity index (χ3n) is 5.85. The van der Waals surface area contributed by atoms with Crippen LogP contribution in [-0.2, 0) is 14.3 Å². The number of Topliss-reactive ketones (excluding diaryl/α,β-unsaturated/α-hetero) is 1. The Hall–Kier alpha value is -1.06. The highest BCUT2D eigenvalue weighted by atomic mass is 16.6. The number of carbonyl (C=O) groups is 2. The molecule has 0 amide bonds. The highest BCUT2D eigenvalue weighted by molar-refractivity contribution is 5.88. The molecule has 0 rings (SSSR count). The number of aliphatic hydroxyl groups is 5. The zero-order valence-corrected chi connectivity index (χ0v) is 20.0. The number of unbranched alkanes of at least 4 members (excludes halogenated alkanes) is 10. The molecule has 0 aliphatic carbocycles. The zero-order valence-electron chi connectivity index (χ0n) is 20.0. The molecule has 0 saturated carbocycles. The molecule has 0 saturated heterocycles. The van der Waals surface area contributed by atoms with Crippen LogP contribution < -0.4 is 0 Å². The lowest BCUT2D eigenvalue weighted by Crippen LogP contribution is -2.61. The van der Waals surface area contributed by atoms with E-state index in [1.165, 1.54) is 0 Å². The summed E-state index contributed by atoms with van der Waals surface area (Å²) in [5.41, 5.74) is -2.59. The van der Waals surface area contributed by atoms with Crippen molar-refractivity contribution in [3.05, 3.63) is 0 Å². The SMILES string of the molecule is CCCCCCCCC(=O)O[C@H]([C@H](O)CO)[C@H](O)[C@@](O)(CO)C(=O)CCCCCCCC.